The molecule has 0 aromatic rings. The zero-order chi connectivity index (χ0) is 7.28. The van der Waals surface area contributed by atoms with Gasteiger partial charge in [0.15, 0.2) is 0 Å². The van der Waals surface area contributed by atoms with Gasteiger partial charge in [0.1, 0.15) is 0 Å². The van der Waals surface area contributed by atoms with Gasteiger partial charge in [-0.25, -0.2) is 0 Å². The second-order valence-electron chi connectivity index (χ2n) is 1.73. The van der Waals surface area contributed by atoms with E-state index < -0.39 is 0 Å². The average Bonchev–Trinajstić information content (AvgIpc) is 1.82. The Labute approximate surface area is 56.1 Å². The zero-order valence-electron chi connectivity index (χ0n) is 5.72. The van der Waals surface area contributed by atoms with Crippen molar-refractivity contribution >= 4 is 6.72 Å². The lowest BCUT2D eigenvalue weighted by atomic mass is 10.2. The number of aliphatic imine (C=N–C) groups is 1. The van der Waals surface area contributed by atoms with E-state index in [0.29, 0.717) is 0 Å². The van der Waals surface area contributed by atoms with Crippen LogP contribution in [0.5, 0.6) is 0 Å². The highest BCUT2D eigenvalue weighted by Gasteiger charge is 1.87. The average molecular weight is 121 g/mol. The number of hydrogen-bond acceptors (Lipinski definition) is 1. The number of rotatable bonds is 3. The molecule has 0 heterocycles. The van der Waals surface area contributed by atoms with Crippen LogP contribution in [-0.4, -0.2) is 6.72 Å². The molecule has 0 amide bonds. The third-order valence-electron chi connectivity index (χ3n) is 0.883. The highest BCUT2D eigenvalue weighted by atomic mass is 14.7. The molecule has 0 atom stereocenters. The van der Waals surface area contributed by atoms with Gasteiger partial charge in [-0.2, -0.15) is 0 Å². The van der Waals surface area contributed by atoms with Crippen molar-refractivity contribution in [2.45, 2.75) is 6.92 Å². The van der Waals surface area contributed by atoms with Crippen molar-refractivity contribution in [3.05, 3.63) is 36.6 Å². The van der Waals surface area contributed by atoms with Crippen molar-refractivity contribution in [1.82, 2.24) is 0 Å². The van der Waals surface area contributed by atoms with E-state index in [4.69, 9.17) is 0 Å². The summed E-state index contributed by atoms with van der Waals surface area (Å²) < 4.78 is 0. The molecule has 0 unspecified atom stereocenters. The van der Waals surface area contributed by atoms with Crippen LogP contribution >= 0.6 is 0 Å². The lowest BCUT2D eigenvalue weighted by Gasteiger charge is -1.94. The first-order chi connectivity index (χ1) is 4.22. The summed E-state index contributed by atoms with van der Waals surface area (Å²) in [5.41, 5.74) is 1.70. The summed E-state index contributed by atoms with van der Waals surface area (Å²) in [5.74, 6) is 0. The Hall–Kier alpha value is -1.11. The maximum absolute atomic E-state index is 3.72. The van der Waals surface area contributed by atoms with Gasteiger partial charge in [0.05, 0.1) is 5.70 Å². The maximum Gasteiger partial charge on any atom is 0.0645 e. The molecule has 1 heteroatoms. The van der Waals surface area contributed by atoms with Gasteiger partial charge in [-0.15, -0.1) is 0 Å². The summed E-state index contributed by atoms with van der Waals surface area (Å²) >= 11 is 0. The van der Waals surface area contributed by atoms with Gasteiger partial charge in [-0.1, -0.05) is 19.2 Å². The van der Waals surface area contributed by atoms with Crippen LogP contribution < -0.4 is 0 Å². The van der Waals surface area contributed by atoms with Gasteiger partial charge in [-0.05, 0) is 25.3 Å². The Morgan fingerprint density at radius 2 is 2.11 bits per heavy atom. The molecule has 0 aliphatic carbocycles. The zero-order valence-corrected chi connectivity index (χ0v) is 5.72. The molecule has 1 nitrogen and oxygen atoms in total. The Morgan fingerprint density at radius 1 is 1.56 bits per heavy atom. The van der Waals surface area contributed by atoms with Crippen LogP contribution in [0.4, 0.5) is 0 Å². The van der Waals surface area contributed by atoms with Crippen molar-refractivity contribution in [2.75, 3.05) is 0 Å². The van der Waals surface area contributed by atoms with Crippen LogP contribution in [-0.2, 0) is 0 Å². The van der Waals surface area contributed by atoms with E-state index in [1.165, 1.54) is 0 Å². The molecule has 0 rings (SSSR count). The summed E-state index contributed by atoms with van der Waals surface area (Å²) in [6, 6.07) is 0. The second-order valence-corrected chi connectivity index (χ2v) is 1.73. The molecule has 0 aliphatic rings. The molecule has 9 heavy (non-hydrogen) atoms. The predicted octanol–water partition coefficient (Wildman–Crippen LogP) is 2.33. The highest BCUT2D eigenvalue weighted by molar-refractivity contribution is 5.37. The topological polar surface area (TPSA) is 12.4 Å². The van der Waals surface area contributed by atoms with Crippen LogP contribution in [0.15, 0.2) is 41.6 Å². The fraction of sp³-hybridized carbons (Fsp3) is 0.125. The van der Waals surface area contributed by atoms with Crippen molar-refractivity contribution in [2.24, 2.45) is 4.99 Å². The molecule has 0 aliphatic heterocycles. The molecule has 0 saturated heterocycles. The Kier molecular flexibility index (Phi) is 3.37. The first kappa shape index (κ1) is 7.89. The van der Waals surface area contributed by atoms with Gasteiger partial charge in [-0.3, -0.25) is 4.99 Å². The fourth-order valence-corrected chi connectivity index (χ4v) is 0.442. The number of hydrogen-bond donors (Lipinski definition) is 0. The summed E-state index contributed by atoms with van der Waals surface area (Å²) in [6.45, 7) is 12.5. The Balaban J connectivity index is 4.32. The number of nitrogens with zero attached hydrogens (tertiary/aromatic N) is 1. The quantitative estimate of drug-likeness (QED) is 0.401. The van der Waals surface area contributed by atoms with Gasteiger partial charge < -0.3 is 0 Å². The Bertz CT molecular complexity index is 163. The monoisotopic (exact) mass is 121 g/mol. The van der Waals surface area contributed by atoms with Gasteiger partial charge >= 0.3 is 0 Å². The van der Waals surface area contributed by atoms with E-state index in [1.54, 1.807) is 12.2 Å². The molecule has 0 bridgehead atoms. The molecule has 0 N–H and O–H groups in total. The van der Waals surface area contributed by atoms with E-state index in [9.17, 15) is 0 Å². The highest BCUT2D eigenvalue weighted by Crippen LogP contribution is 2.06. The maximum atomic E-state index is 3.72. The number of allylic oxidation sites excluding steroid dienone is 3. The fourth-order valence-electron chi connectivity index (χ4n) is 0.442. The molecule has 0 aromatic heterocycles. The summed E-state index contributed by atoms with van der Waals surface area (Å²) in [5, 5.41) is 0. The summed E-state index contributed by atoms with van der Waals surface area (Å²) in [7, 11) is 0. The smallest absolute Gasteiger partial charge is 0.0645 e. The standard InChI is InChI=1S/C8H11N/c1-5-6-8(9-4)7(2)3/h5-6H,1-2,4H2,3H3/b8-6-. The van der Waals surface area contributed by atoms with Gasteiger partial charge in [0, 0.05) is 0 Å². The minimum absolute atomic E-state index is 0.796. The van der Waals surface area contributed by atoms with Crippen LogP contribution in [0, 0.1) is 0 Å². The third kappa shape index (κ3) is 2.65. The molecule has 0 aromatic carbocycles. The minimum atomic E-state index is 0.796. The van der Waals surface area contributed by atoms with Crippen LogP contribution in [0.25, 0.3) is 0 Å². The van der Waals surface area contributed by atoms with Gasteiger partial charge in [0.2, 0.25) is 0 Å². The lowest BCUT2D eigenvalue weighted by molar-refractivity contribution is 1.31. The van der Waals surface area contributed by atoms with Crippen LogP contribution in [0.2, 0.25) is 0 Å². The van der Waals surface area contributed by atoms with E-state index in [-0.39, 0.29) is 0 Å². The molecule has 0 fully saturated rings. The predicted molar refractivity (Wildman–Crippen MR) is 42.6 cm³/mol. The van der Waals surface area contributed by atoms with Crippen molar-refractivity contribution < 1.29 is 0 Å². The van der Waals surface area contributed by atoms with E-state index in [1.807, 2.05) is 6.92 Å². The van der Waals surface area contributed by atoms with Crippen LogP contribution in [0.1, 0.15) is 6.92 Å². The van der Waals surface area contributed by atoms with Crippen molar-refractivity contribution in [1.29, 1.82) is 0 Å². The molecule has 0 radical (unpaired) electrons. The normalized spacial score (nSPS) is 10.6. The van der Waals surface area contributed by atoms with E-state index >= 15 is 0 Å². The van der Waals surface area contributed by atoms with E-state index in [2.05, 4.69) is 24.9 Å². The first-order valence-electron chi connectivity index (χ1n) is 2.67. The first-order valence-corrected chi connectivity index (χ1v) is 2.67. The SMILES string of the molecule is C=C/C=C(\N=C)C(=C)C. The second kappa shape index (κ2) is 3.84. The molecule has 0 spiro atoms. The van der Waals surface area contributed by atoms with Crippen molar-refractivity contribution in [3.8, 4) is 0 Å². The largest absolute Gasteiger partial charge is 0.264 e. The molecule has 48 valence electrons. The third-order valence-corrected chi connectivity index (χ3v) is 0.883. The minimum Gasteiger partial charge on any atom is -0.264 e. The van der Waals surface area contributed by atoms with Gasteiger partial charge in [0.25, 0.3) is 0 Å². The summed E-state index contributed by atoms with van der Waals surface area (Å²) in [4.78, 5) is 3.72. The van der Waals surface area contributed by atoms with Crippen LogP contribution in [0.3, 0.4) is 0 Å². The Morgan fingerprint density at radius 3 is 2.22 bits per heavy atom. The van der Waals surface area contributed by atoms with E-state index in [0.717, 1.165) is 11.3 Å². The molecular weight excluding hydrogens is 110 g/mol. The summed E-state index contributed by atoms with van der Waals surface area (Å²) in [6.07, 6.45) is 3.44. The van der Waals surface area contributed by atoms with Crippen molar-refractivity contribution in [3.63, 3.8) is 0 Å². The lowest BCUT2D eigenvalue weighted by Crippen LogP contribution is -1.75. The molecular formula is C8H11N. The molecule has 0 saturated carbocycles.